The van der Waals surface area contributed by atoms with E-state index in [1.54, 1.807) is 35.0 Å². The van der Waals surface area contributed by atoms with Crippen LogP contribution < -0.4 is 5.32 Å². The Balaban J connectivity index is 0.00000242. The minimum atomic E-state index is -0.299. The Hall–Kier alpha value is -1.92. The average Bonchev–Trinajstić information content (AvgIpc) is 2.86. The fraction of sp³-hybridized carbons (Fsp3) is 0.333. The van der Waals surface area contributed by atoms with Gasteiger partial charge in [-0.15, -0.1) is 12.4 Å². The standard InChI is InChI=1S/C15H19FN4O.ClH/c1-11-14(15(21)19(3)9-8-17-2)10-18-20(11)13-6-4-12(16)5-7-13;/h4-7,10,17H,8-9H2,1-3H3;1H. The van der Waals surface area contributed by atoms with Crippen molar-refractivity contribution in [3.05, 3.63) is 47.5 Å². The van der Waals surface area contributed by atoms with Crippen LogP contribution in [0.5, 0.6) is 0 Å². The number of amides is 1. The molecule has 5 nitrogen and oxygen atoms in total. The van der Waals surface area contributed by atoms with Crippen LogP contribution in [0.2, 0.25) is 0 Å². The smallest absolute Gasteiger partial charge is 0.257 e. The molecule has 0 unspecified atom stereocenters. The van der Waals surface area contributed by atoms with Crippen LogP contribution in [-0.2, 0) is 0 Å². The maximum absolute atomic E-state index is 13.0. The maximum Gasteiger partial charge on any atom is 0.257 e. The van der Waals surface area contributed by atoms with E-state index >= 15 is 0 Å². The minimum Gasteiger partial charge on any atom is -0.340 e. The van der Waals surface area contributed by atoms with Crippen molar-refractivity contribution < 1.29 is 9.18 Å². The molecule has 2 rings (SSSR count). The summed E-state index contributed by atoms with van der Waals surface area (Å²) < 4.78 is 14.6. The summed E-state index contributed by atoms with van der Waals surface area (Å²) in [6.07, 6.45) is 1.55. The van der Waals surface area contributed by atoms with Gasteiger partial charge in [0.25, 0.3) is 5.91 Å². The van der Waals surface area contributed by atoms with Gasteiger partial charge in [0.15, 0.2) is 0 Å². The zero-order valence-electron chi connectivity index (χ0n) is 12.8. The largest absolute Gasteiger partial charge is 0.340 e. The number of hydrogen-bond donors (Lipinski definition) is 1. The van der Waals surface area contributed by atoms with E-state index in [0.717, 1.165) is 17.9 Å². The Labute approximate surface area is 135 Å². The zero-order chi connectivity index (χ0) is 15.4. The summed E-state index contributed by atoms with van der Waals surface area (Å²) in [4.78, 5) is 14.0. The number of benzene rings is 1. The van der Waals surface area contributed by atoms with Gasteiger partial charge in [0.05, 0.1) is 23.1 Å². The van der Waals surface area contributed by atoms with Crippen LogP contribution in [0.25, 0.3) is 5.69 Å². The second-order valence-corrected chi connectivity index (χ2v) is 4.86. The third kappa shape index (κ3) is 3.84. The fourth-order valence-corrected chi connectivity index (χ4v) is 2.05. The van der Waals surface area contributed by atoms with Crippen LogP contribution in [0.15, 0.2) is 30.5 Å². The molecule has 1 N–H and O–H groups in total. The Bertz CT molecular complexity index is 627. The van der Waals surface area contributed by atoms with Crippen molar-refractivity contribution in [3.8, 4) is 5.69 Å². The topological polar surface area (TPSA) is 50.2 Å². The Kier molecular flexibility index (Phi) is 6.52. The number of aromatic nitrogens is 2. The van der Waals surface area contributed by atoms with Gasteiger partial charge < -0.3 is 10.2 Å². The van der Waals surface area contributed by atoms with Gasteiger partial charge in [0.2, 0.25) is 0 Å². The highest BCUT2D eigenvalue weighted by atomic mass is 35.5. The molecule has 1 heterocycles. The van der Waals surface area contributed by atoms with Crippen molar-refractivity contribution in [2.45, 2.75) is 6.92 Å². The maximum atomic E-state index is 13.0. The average molecular weight is 327 g/mol. The summed E-state index contributed by atoms with van der Waals surface area (Å²) in [5.74, 6) is -0.372. The van der Waals surface area contributed by atoms with Crippen LogP contribution in [0.3, 0.4) is 0 Å². The second kappa shape index (κ2) is 7.91. The SMILES string of the molecule is CNCCN(C)C(=O)c1cnn(-c2ccc(F)cc2)c1C.Cl. The van der Waals surface area contributed by atoms with Gasteiger partial charge in [-0.2, -0.15) is 5.10 Å². The van der Waals surface area contributed by atoms with Crippen LogP contribution in [0.4, 0.5) is 4.39 Å². The molecule has 0 fully saturated rings. The molecule has 7 heteroatoms. The Morgan fingerprint density at radius 1 is 1.36 bits per heavy atom. The first-order chi connectivity index (χ1) is 10.0. The normalized spacial score (nSPS) is 10.2. The first-order valence-corrected chi connectivity index (χ1v) is 6.75. The summed E-state index contributed by atoms with van der Waals surface area (Å²) in [6.45, 7) is 3.18. The third-order valence-electron chi connectivity index (χ3n) is 3.36. The molecule has 0 saturated carbocycles. The van der Waals surface area contributed by atoms with Gasteiger partial charge in [-0.05, 0) is 38.2 Å². The van der Waals surface area contributed by atoms with Gasteiger partial charge in [-0.3, -0.25) is 4.79 Å². The van der Waals surface area contributed by atoms with E-state index in [1.807, 2.05) is 14.0 Å². The summed E-state index contributed by atoms with van der Waals surface area (Å²) in [7, 11) is 3.60. The minimum absolute atomic E-state index is 0. The quantitative estimate of drug-likeness (QED) is 0.914. The van der Waals surface area contributed by atoms with Crippen molar-refractivity contribution in [1.29, 1.82) is 0 Å². The lowest BCUT2D eigenvalue weighted by molar-refractivity contribution is 0.0796. The molecule has 22 heavy (non-hydrogen) atoms. The van der Waals surface area contributed by atoms with Crippen molar-refractivity contribution in [1.82, 2.24) is 20.0 Å². The number of carbonyl (C=O) groups is 1. The number of carbonyl (C=O) groups excluding carboxylic acids is 1. The monoisotopic (exact) mass is 326 g/mol. The molecule has 2 aromatic rings. The van der Waals surface area contributed by atoms with E-state index in [1.165, 1.54) is 12.1 Å². The van der Waals surface area contributed by atoms with E-state index in [4.69, 9.17) is 0 Å². The van der Waals surface area contributed by atoms with Gasteiger partial charge in [-0.25, -0.2) is 9.07 Å². The molecule has 0 aliphatic carbocycles. The highest BCUT2D eigenvalue weighted by molar-refractivity contribution is 5.95. The fourth-order valence-electron chi connectivity index (χ4n) is 2.05. The molecule has 1 aromatic carbocycles. The molecule has 120 valence electrons. The first kappa shape index (κ1) is 18.1. The number of halogens is 2. The van der Waals surface area contributed by atoms with Crippen LogP contribution in [0, 0.1) is 12.7 Å². The van der Waals surface area contributed by atoms with Crippen molar-refractivity contribution in [2.75, 3.05) is 27.2 Å². The number of likely N-dealkylation sites (N-methyl/N-ethyl adjacent to an activating group) is 2. The molecule has 0 aliphatic rings. The number of nitrogens with zero attached hydrogens (tertiary/aromatic N) is 3. The predicted octanol–water partition coefficient (Wildman–Crippen LogP) is 2.03. The van der Waals surface area contributed by atoms with Crippen molar-refractivity contribution in [3.63, 3.8) is 0 Å². The predicted molar refractivity (Wildman–Crippen MR) is 86.4 cm³/mol. The summed E-state index contributed by atoms with van der Waals surface area (Å²) in [6, 6.07) is 6.01. The Morgan fingerprint density at radius 3 is 2.59 bits per heavy atom. The molecule has 1 aromatic heterocycles. The lowest BCUT2D eigenvalue weighted by atomic mass is 10.2. The van der Waals surface area contributed by atoms with Gasteiger partial charge >= 0.3 is 0 Å². The van der Waals surface area contributed by atoms with Gasteiger partial charge in [0, 0.05) is 20.1 Å². The summed E-state index contributed by atoms with van der Waals surface area (Å²) >= 11 is 0. The molecule has 0 atom stereocenters. The molecule has 0 saturated heterocycles. The summed E-state index contributed by atoms with van der Waals surface area (Å²) in [5, 5.41) is 7.24. The van der Waals surface area contributed by atoms with E-state index in [2.05, 4.69) is 10.4 Å². The number of nitrogens with one attached hydrogen (secondary N) is 1. The van der Waals surface area contributed by atoms with Gasteiger partial charge in [0.1, 0.15) is 5.82 Å². The van der Waals surface area contributed by atoms with Crippen molar-refractivity contribution in [2.24, 2.45) is 0 Å². The molecular formula is C15H20ClFN4O. The molecular weight excluding hydrogens is 307 g/mol. The molecule has 0 bridgehead atoms. The van der Waals surface area contributed by atoms with E-state index in [-0.39, 0.29) is 24.1 Å². The number of hydrogen-bond acceptors (Lipinski definition) is 3. The first-order valence-electron chi connectivity index (χ1n) is 6.75. The highest BCUT2D eigenvalue weighted by Gasteiger charge is 2.18. The second-order valence-electron chi connectivity index (χ2n) is 4.86. The summed E-state index contributed by atoms with van der Waals surface area (Å²) in [5.41, 5.74) is 2.02. The molecule has 1 amide bonds. The highest BCUT2D eigenvalue weighted by Crippen LogP contribution is 2.15. The number of rotatable bonds is 5. The molecule has 0 aliphatic heterocycles. The lowest BCUT2D eigenvalue weighted by Gasteiger charge is -2.16. The van der Waals surface area contributed by atoms with E-state index < -0.39 is 0 Å². The van der Waals surface area contributed by atoms with Crippen LogP contribution >= 0.6 is 12.4 Å². The zero-order valence-corrected chi connectivity index (χ0v) is 13.7. The lowest BCUT2D eigenvalue weighted by Crippen LogP contribution is -2.33. The van der Waals surface area contributed by atoms with E-state index in [9.17, 15) is 9.18 Å². The molecule has 0 radical (unpaired) electrons. The van der Waals surface area contributed by atoms with Crippen molar-refractivity contribution >= 4 is 18.3 Å². The van der Waals surface area contributed by atoms with Crippen LogP contribution in [0.1, 0.15) is 16.1 Å². The third-order valence-corrected chi connectivity index (χ3v) is 3.36. The molecule has 0 spiro atoms. The van der Waals surface area contributed by atoms with Gasteiger partial charge in [-0.1, -0.05) is 0 Å². The van der Waals surface area contributed by atoms with E-state index in [0.29, 0.717) is 12.1 Å². The Morgan fingerprint density at radius 2 is 2.00 bits per heavy atom. The van der Waals surface area contributed by atoms with Crippen LogP contribution in [-0.4, -0.2) is 47.8 Å².